The van der Waals surface area contributed by atoms with Crippen molar-refractivity contribution in [3.05, 3.63) is 59.7 Å². The van der Waals surface area contributed by atoms with E-state index < -0.39 is 6.09 Å². The van der Waals surface area contributed by atoms with Gasteiger partial charge in [0.25, 0.3) is 0 Å². The van der Waals surface area contributed by atoms with E-state index in [9.17, 15) is 4.79 Å². The first-order valence-corrected chi connectivity index (χ1v) is 20.9. The summed E-state index contributed by atoms with van der Waals surface area (Å²) >= 11 is 0. The third-order valence-corrected chi connectivity index (χ3v) is 9.10. The lowest BCUT2D eigenvalue weighted by atomic mass is 9.98. The van der Waals surface area contributed by atoms with Crippen molar-refractivity contribution in [2.75, 3.05) is 159 Å². The Labute approximate surface area is 344 Å². The van der Waals surface area contributed by atoms with Gasteiger partial charge in [-0.2, -0.15) is 0 Å². The first-order valence-electron chi connectivity index (χ1n) is 20.9. The Balaban J connectivity index is 0.769. The molecule has 0 saturated carbocycles. The molecule has 4 rings (SSSR count). The Morgan fingerprint density at radius 1 is 0.517 bits per heavy atom. The van der Waals surface area contributed by atoms with Gasteiger partial charge < -0.3 is 66.9 Å². The minimum Gasteiger partial charge on any atom is -0.449 e. The predicted octanol–water partition coefficient (Wildman–Crippen LogP) is 4.62. The maximum atomic E-state index is 12.3. The monoisotopic (exact) mass is 821 g/mol. The lowest BCUT2D eigenvalue weighted by Gasteiger charge is -2.22. The van der Waals surface area contributed by atoms with Crippen LogP contribution < -0.4 is 5.32 Å². The average molecular weight is 822 g/mol. The van der Waals surface area contributed by atoms with Crippen molar-refractivity contribution in [2.45, 2.75) is 37.9 Å². The topological polar surface area (TPSA) is 149 Å². The molecule has 1 aliphatic heterocycles. The Hall–Kier alpha value is -2.77. The van der Waals surface area contributed by atoms with E-state index >= 15 is 0 Å². The minimum atomic E-state index is -0.415. The molecule has 0 radical (unpaired) electrons. The zero-order valence-corrected chi connectivity index (χ0v) is 34.3. The number of amides is 1. The van der Waals surface area contributed by atoms with Gasteiger partial charge in [0, 0.05) is 25.7 Å². The van der Waals surface area contributed by atoms with Crippen LogP contribution in [0.25, 0.3) is 11.1 Å². The second-order valence-corrected chi connectivity index (χ2v) is 13.4. The molecule has 2 aromatic rings. The third kappa shape index (κ3) is 21.5. The summed E-state index contributed by atoms with van der Waals surface area (Å²) in [6.45, 7) is 12.2. The summed E-state index contributed by atoms with van der Waals surface area (Å²) in [5.74, 6) is 0.0489. The van der Waals surface area contributed by atoms with Crippen molar-refractivity contribution < 1.29 is 66.4 Å². The third-order valence-electron chi connectivity index (χ3n) is 9.10. The smallest absolute Gasteiger partial charge is 0.407 e. The molecule has 1 amide bonds. The zero-order chi connectivity index (χ0) is 40.4. The molecule has 58 heavy (non-hydrogen) atoms. The standard InChI is InChI=1S/C43H67NO14/c45-43(58-36-41-39-10-3-1-8-37(39)38-9-2-4-11-40(38)41)44-13-7-14-46-16-17-47-18-19-48-20-21-49-22-23-50-24-25-51-26-27-52-28-29-53-30-31-54-32-33-55-34-35-57-42-12-5-6-15-56-42/h1-4,8-11,41-42H,5-7,12-36H2,(H,44,45). The van der Waals surface area contributed by atoms with Crippen LogP contribution in [0.5, 0.6) is 0 Å². The van der Waals surface area contributed by atoms with Gasteiger partial charge >= 0.3 is 6.09 Å². The van der Waals surface area contributed by atoms with Gasteiger partial charge in [-0.3, -0.25) is 0 Å². The highest BCUT2D eigenvalue weighted by atomic mass is 16.7. The van der Waals surface area contributed by atoms with E-state index in [0.29, 0.717) is 158 Å². The van der Waals surface area contributed by atoms with Crippen LogP contribution in [-0.2, 0) is 61.6 Å². The van der Waals surface area contributed by atoms with Gasteiger partial charge in [0.05, 0.1) is 132 Å². The van der Waals surface area contributed by atoms with Crippen LogP contribution in [0, 0.1) is 0 Å². The molecule has 15 nitrogen and oxygen atoms in total. The summed E-state index contributed by atoms with van der Waals surface area (Å²) in [6.07, 6.45) is 3.44. The van der Waals surface area contributed by atoms with Crippen LogP contribution in [0.1, 0.15) is 42.7 Å². The van der Waals surface area contributed by atoms with Crippen LogP contribution in [0.15, 0.2) is 48.5 Å². The lowest BCUT2D eigenvalue weighted by molar-refractivity contribution is -0.169. The number of carbonyl (C=O) groups is 1. The van der Waals surface area contributed by atoms with Crippen LogP contribution >= 0.6 is 0 Å². The maximum Gasteiger partial charge on any atom is 0.407 e. The molecule has 328 valence electrons. The number of benzene rings is 2. The highest BCUT2D eigenvalue weighted by Gasteiger charge is 2.29. The highest BCUT2D eigenvalue weighted by Crippen LogP contribution is 2.44. The van der Waals surface area contributed by atoms with Crippen molar-refractivity contribution in [1.82, 2.24) is 5.32 Å². The van der Waals surface area contributed by atoms with Crippen LogP contribution in [0.2, 0.25) is 0 Å². The van der Waals surface area contributed by atoms with Gasteiger partial charge in [-0.1, -0.05) is 48.5 Å². The van der Waals surface area contributed by atoms with E-state index in [1.807, 2.05) is 24.3 Å². The number of rotatable bonds is 37. The second-order valence-electron chi connectivity index (χ2n) is 13.4. The number of nitrogens with one attached hydrogen (secondary N) is 1. The van der Waals surface area contributed by atoms with E-state index in [2.05, 4.69) is 29.6 Å². The van der Waals surface area contributed by atoms with Crippen molar-refractivity contribution >= 4 is 6.09 Å². The molecule has 0 aromatic heterocycles. The van der Waals surface area contributed by atoms with Crippen molar-refractivity contribution in [3.8, 4) is 11.1 Å². The van der Waals surface area contributed by atoms with Gasteiger partial charge in [-0.25, -0.2) is 4.79 Å². The molecule has 1 heterocycles. The summed E-state index contributed by atoms with van der Waals surface area (Å²) in [4.78, 5) is 12.3. The fourth-order valence-electron chi connectivity index (χ4n) is 6.18. The Bertz CT molecular complexity index is 1250. The molecule has 1 fully saturated rings. The van der Waals surface area contributed by atoms with E-state index in [-0.39, 0.29) is 12.2 Å². The summed E-state index contributed by atoms with van der Waals surface area (Å²) in [5.41, 5.74) is 4.81. The first-order chi connectivity index (χ1) is 28.8. The summed E-state index contributed by atoms with van der Waals surface area (Å²) in [6, 6.07) is 16.6. The lowest BCUT2D eigenvalue weighted by Crippen LogP contribution is -2.27. The summed E-state index contributed by atoms with van der Waals surface area (Å²) in [7, 11) is 0. The molecule has 2 aliphatic rings. The molecule has 0 spiro atoms. The number of ether oxygens (including phenoxy) is 13. The summed E-state index contributed by atoms with van der Waals surface area (Å²) < 4.78 is 71.9. The van der Waals surface area contributed by atoms with E-state index in [0.717, 1.165) is 25.9 Å². The Kier molecular flexibility index (Phi) is 27.3. The number of fused-ring (bicyclic) bond motifs is 3. The summed E-state index contributed by atoms with van der Waals surface area (Å²) in [5, 5.41) is 2.81. The largest absolute Gasteiger partial charge is 0.449 e. The van der Waals surface area contributed by atoms with Crippen LogP contribution in [0.3, 0.4) is 0 Å². The normalized spacial score (nSPS) is 15.1. The fourth-order valence-corrected chi connectivity index (χ4v) is 6.18. The molecule has 1 N–H and O–H groups in total. The van der Waals surface area contributed by atoms with Gasteiger partial charge in [0.2, 0.25) is 0 Å². The van der Waals surface area contributed by atoms with Crippen molar-refractivity contribution in [2.24, 2.45) is 0 Å². The molecule has 1 atom stereocenters. The fraction of sp³-hybridized carbons (Fsp3) is 0.698. The van der Waals surface area contributed by atoms with Gasteiger partial charge in [-0.05, 0) is 47.9 Å². The van der Waals surface area contributed by atoms with E-state index in [1.54, 1.807) is 0 Å². The molecule has 0 bridgehead atoms. The van der Waals surface area contributed by atoms with E-state index in [4.69, 9.17) is 61.6 Å². The van der Waals surface area contributed by atoms with Gasteiger partial charge in [0.15, 0.2) is 6.29 Å². The molecule has 1 unspecified atom stereocenters. The van der Waals surface area contributed by atoms with Gasteiger partial charge in [0.1, 0.15) is 6.61 Å². The SMILES string of the molecule is O=C(NCCCOCCOCCOCCOCCOCCOCCOCCOCCOCCOCCOC1CCCCO1)OCC1c2ccccc2-c2ccccc21. The first kappa shape index (κ1) is 47.9. The van der Waals surface area contributed by atoms with E-state index in [1.165, 1.54) is 22.3 Å². The molecule has 15 heteroatoms. The van der Waals surface area contributed by atoms with Crippen LogP contribution in [0.4, 0.5) is 4.79 Å². The second kappa shape index (κ2) is 33.0. The number of carbonyl (C=O) groups excluding carboxylic acids is 1. The molecule has 2 aromatic carbocycles. The maximum absolute atomic E-state index is 12.3. The minimum absolute atomic E-state index is 0.0489. The predicted molar refractivity (Wildman–Crippen MR) is 215 cm³/mol. The zero-order valence-electron chi connectivity index (χ0n) is 34.3. The quantitative estimate of drug-likeness (QED) is 0.0945. The van der Waals surface area contributed by atoms with Crippen molar-refractivity contribution in [1.29, 1.82) is 0 Å². The molecular weight excluding hydrogens is 754 g/mol. The van der Waals surface area contributed by atoms with Crippen LogP contribution in [-0.4, -0.2) is 171 Å². The molecular formula is C43H67NO14. The van der Waals surface area contributed by atoms with Gasteiger partial charge in [-0.15, -0.1) is 0 Å². The number of alkyl carbamates (subject to hydrolysis) is 1. The Morgan fingerprint density at radius 3 is 1.33 bits per heavy atom. The number of hydrogen-bond donors (Lipinski definition) is 1. The van der Waals surface area contributed by atoms with Crippen molar-refractivity contribution in [3.63, 3.8) is 0 Å². The molecule has 1 saturated heterocycles. The highest BCUT2D eigenvalue weighted by molar-refractivity contribution is 5.79. The average Bonchev–Trinajstić information content (AvgIpc) is 3.58. The Morgan fingerprint density at radius 2 is 0.914 bits per heavy atom. The number of hydrogen-bond acceptors (Lipinski definition) is 14. The molecule has 1 aliphatic carbocycles.